The minimum Gasteiger partial charge on any atom is -0.504 e. The molecule has 0 atom stereocenters. The Morgan fingerprint density at radius 1 is 1.07 bits per heavy atom. The minimum atomic E-state index is -0.394. The van der Waals surface area contributed by atoms with Gasteiger partial charge in [-0.2, -0.15) is 0 Å². The van der Waals surface area contributed by atoms with Crippen LogP contribution in [0.5, 0.6) is 11.5 Å². The molecule has 0 spiro atoms. The van der Waals surface area contributed by atoms with Crippen LogP contribution in [0.1, 0.15) is 26.3 Å². The molecule has 1 N–H and O–H groups in total. The van der Waals surface area contributed by atoms with Crippen molar-refractivity contribution in [3.63, 3.8) is 0 Å². The van der Waals surface area contributed by atoms with Crippen LogP contribution >= 0.6 is 27.5 Å². The van der Waals surface area contributed by atoms with Crippen LogP contribution in [0, 0.1) is 0 Å². The number of aromatic hydroxyl groups is 1. The summed E-state index contributed by atoms with van der Waals surface area (Å²) in [7, 11) is 1.46. The van der Waals surface area contributed by atoms with Crippen molar-refractivity contribution in [3.05, 3.63) is 80.8 Å². The summed E-state index contributed by atoms with van der Waals surface area (Å²) in [6.07, 6.45) is 1.45. The summed E-state index contributed by atoms with van der Waals surface area (Å²) in [4.78, 5) is 30.7. The number of carbonyl (C=O) groups is 2. The normalized spacial score (nSPS) is 13.2. The monoisotopic (exact) mass is 484 g/mol. The Bertz CT molecular complexity index is 1190. The number of nitrogens with zero attached hydrogens (tertiary/aromatic N) is 2. The maximum Gasteiger partial charge on any atom is 0.266 e. The molecule has 0 saturated heterocycles. The molecule has 8 heteroatoms. The van der Waals surface area contributed by atoms with Crippen LogP contribution in [0.3, 0.4) is 0 Å². The lowest BCUT2D eigenvalue weighted by Crippen LogP contribution is -2.29. The first-order chi connectivity index (χ1) is 14.4. The van der Waals surface area contributed by atoms with Crippen molar-refractivity contribution in [2.75, 3.05) is 12.0 Å². The first-order valence-corrected chi connectivity index (χ1v) is 9.95. The number of phenols is 1. The number of methoxy groups -OCH3 is 1. The van der Waals surface area contributed by atoms with Gasteiger partial charge in [0.25, 0.3) is 11.8 Å². The molecular formula is C22H14BrClN2O4. The smallest absolute Gasteiger partial charge is 0.266 e. The number of carbonyl (C=O) groups excluding carboxylic acids is 2. The van der Waals surface area contributed by atoms with Crippen LogP contribution < -0.4 is 9.64 Å². The fourth-order valence-corrected chi connectivity index (χ4v) is 3.83. The van der Waals surface area contributed by atoms with E-state index in [4.69, 9.17) is 16.3 Å². The van der Waals surface area contributed by atoms with Gasteiger partial charge in [-0.05, 0) is 42.5 Å². The molecule has 0 aliphatic carbocycles. The highest BCUT2D eigenvalue weighted by Gasteiger charge is 2.36. The van der Waals surface area contributed by atoms with Gasteiger partial charge in [-0.15, -0.1) is 0 Å². The third-order valence-corrected chi connectivity index (χ3v) is 5.38. The SMILES string of the molecule is COc1cc(Br)cc(C=Nc2ccc(N3C(=O)c4ccccc4C3=O)cc2Cl)c1O. The van der Waals surface area contributed by atoms with Crippen molar-refractivity contribution in [1.82, 2.24) is 0 Å². The molecule has 1 aliphatic rings. The number of rotatable bonds is 4. The van der Waals surface area contributed by atoms with E-state index < -0.39 is 11.8 Å². The fourth-order valence-electron chi connectivity index (χ4n) is 3.15. The lowest BCUT2D eigenvalue weighted by atomic mass is 10.1. The lowest BCUT2D eigenvalue weighted by Gasteiger charge is -2.14. The summed E-state index contributed by atoms with van der Waals surface area (Å²) in [6.45, 7) is 0. The largest absolute Gasteiger partial charge is 0.504 e. The van der Waals surface area contributed by atoms with E-state index in [0.29, 0.717) is 38.3 Å². The second kappa shape index (κ2) is 7.93. The zero-order chi connectivity index (χ0) is 21.4. The van der Waals surface area contributed by atoms with Crippen LogP contribution in [0.4, 0.5) is 11.4 Å². The van der Waals surface area contributed by atoms with Crippen LogP contribution in [0.2, 0.25) is 5.02 Å². The number of fused-ring (bicyclic) bond motifs is 1. The lowest BCUT2D eigenvalue weighted by molar-refractivity contribution is 0.0926. The Kier molecular flexibility index (Phi) is 5.32. The Balaban J connectivity index is 1.64. The van der Waals surface area contributed by atoms with Gasteiger partial charge < -0.3 is 9.84 Å². The van der Waals surface area contributed by atoms with E-state index in [1.807, 2.05) is 0 Å². The van der Waals surface area contributed by atoms with Gasteiger partial charge in [0.05, 0.1) is 34.6 Å². The maximum atomic E-state index is 12.6. The fraction of sp³-hybridized carbons (Fsp3) is 0.0455. The van der Waals surface area contributed by atoms with Crippen LogP contribution in [0.25, 0.3) is 0 Å². The van der Waals surface area contributed by atoms with E-state index >= 15 is 0 Å². The van der Waals surface area contributed by atoms with Crippen molar-refractivity contribution in [3.8, 4) is 11.5 Å². The molecule has 0 unspecified atom stereocenters. The Hall–Kier alpha value is -3.16. The predicted octanol–water partition coefficient (Wildman–Crippen LogP) is 5.37. The average molecular weight is 486 g/mol. The van der Waals surface area contributed by atoms with Gasteiger partial charge in [-0.1, -0.05) is 39.7 Å². The van der Waals surface area contributed by atoms with E-state index in [9.17, 15) is 14.7 Å². The number of hydrogen-bond acceptors (Lipinski definition) is 5. The molecule has 3 aromatic rings. The molecule has 1 heterocycles. The Labute approximate surface area is 185 Å². The quantitative estimate of drug-likeness (QED) is 0.398. The number of aliphatic imine (C=N–C) groups is 1. The summed E-state index contributed by atoms with van der Waals surface area (Å²) < 4.78 is 5.84. The molecule has 30 heavy (non-hydrogen) atoms. The number of ether oxygens (including phenoxy) is 1. The van der Waals surface area contributed by atoms with Gasteiger partial charge in [0.2, 0.25) is 0 Å². The summed E-state index contributed by atoms with van der Waals surface area (Å²) in [5.41, 5.74) is 1.92. The first kappa shape index (κ1) is 20.1. The topological polar surface area (TPSA) is 79.2 Å². The molecule has 3 aromatic carbocycles. The molecule has 0 radical (unpaired) electrons. The van der Waals surface area contributed by atoms with E-state index in [-0.39, 0.29) is 10.8 Å². The summed E-state index contributed by atoms with van der Waals surface area (Å²) in [5, 5.41) is 10.5. The van der Waals surface area contributed by atoms with E-state index in [1.54, 1.807) is 48.5 Å². The highest BCUT2D eigenvalue weighted by molar-refractivity contribution is 9.10. The molecule has 150 valence electrons. The predicted molar refractivity (Wildman–Crippen MR) is 119 cm³/mol. The molecule has 6 nitrogen and oxygen atoms in total. The molecule has 0 fully saturated rings. The number of amides is 2. The van der Waals surface area contributed by atoms with Crippen molar-refractivity contribution in [1.29, 1.82) is 0 Å². The average Bonchev–Trinajstić information content (AvgIpc) is 2.99. The Morgan fingerprint density at radius 3 is 2.33 bits per heavy atom. The van der Waals surface area contributed by atoms with E-state index in [0.717, 1.165) is 4.90 Å². The molecule has 4 rings (SSSR count). The summed E-state index contributed by atoms with van der Waals surface area (Å²) >= 11 is 9.70. The van der Waals surface area contributed by atoms with Gasteiger partial charge in [0, 0.05) is 16.3 Å². The Morgan fingerprint density at radius 2 is 1.73 bits per heavy atom. The third kappa shape index (κ3) is 3.46. The van der Waals surface area contributed by atoms with Crippen molar-refractivity contribution < 1.29 is 19.4 Å². The number of imide groups is 1. The van der Waals surface area contributed by atoms with Crippen molar-refractivity contribution in [2.24, 2.45) is 4.99 Å². The van der Waals surface area contributed by atoms with Gasteiger partial charge in [-0.25, -0.2) is 4.90 Å². The minimum absolute atomic E-state index is 0.0526. The molecule has 0 saturated carbocycles. The number of anilines is 1. The van der Waals surface area contributed by atoms with Gasteiger partial charge >= 0.3 is 0 Å². The number of hydrogen-bond donors (Lipinski definition) is 1. The standard InChI is InChI=1S/C22H14BrClN2O4/c1-30-19-9-13(23)8-12(20(19)27)11-25-18-7-6-14(10-17(18)24)26-21(28)15-4-2-3-5-16(15)22(26)29/h2-11,27H,1H3. The van der Waals surface area contributed by atoms with Gasteiger partial charge in [0.15, 0.2) is 11.5 Å². The highest BCUT2D eigenvalue weighted by Crippen LogP contribution is 2.35. The summed E-state index contributed by atoms with van der Waals surface area (Å²) in [5.74, 6) is -0.538. The zero-order valence-electron chi connectivity index (χ0n) is 15.6. The molecule has 1 aliphatic heterocycles. The molecular weight excluding hydrogens is 472 g/mol. The number of halogens is 2. The second-order valence-electron chi connectivity index (χ2n) is 6.43. The molecule has 0 aromatic heterocycles. The second-order valence-corrected chi connectivity index (χ2v) is 7.75. The van der Waals surface area contributed by atoms with Crippen LogP contribution in [-0.4, -0.2) is 30.2 Å². The van der Waals surface area contributed by atoms with E-state index in [1.165, 1.54) is 19.4 Å². The van der Waals surface area contributed by atoms with Gasteiger partial charge in [-0.3, -0.25) is 14.6 Å². The van der Waals surface area contributed by atoms with Crippen LogP contribution in [-0.2, 0) is 0 Å². The van der Waals surface area contributed by atoms with Crippen LogP contribution in [0.15, 0.2) is 64.1 Å². The number of phenolic OH excluding ortho intramolecular Hbond substituents is 1. The third-order valence-electron chi connectivity index (χ3n) is 4.62. The van der Waals surface area contributed by atoms with Crippen molar-refractivity contribution >= 4 is 56.9 Å². The first-order valence-electron chi connectivity index (χ1n) is 8.78. The van der Waals surface area contributed by atoms with E-state index in [2.05, 4.69) is 20.9 Å². The number of benzene rings is 3. The zero-order valence-corrected chi connectivity index (χ0v) is 17.9. The molecule has 2 amide bonds. The summed E-state index contributed by atoms with van der Waals surface area (Å²) in [6, 6.07) is 14.7. The maximum absolute atomic E-state index is 12.6. The highest BCUT2D eigenvalue weighted by atomic mass is 79.9. The molecule has 0 bridgehead atoms. The van der Waals surface area contributed by atoms with Gasteiger partial charge in [0.1, 0.15) is 0 Å². The van der Waals surface area contributed by atoms with Crippen molar-refractivity contribution in [2.45, 2.75) is 0 Å².